The second-order valence-corrected chi connectivity index (χ2v) is 5.17. The molecule has 1 atom stereocenters. The number of carbonyl (C=O) groups is 1. The summed E-state index contributed by atoms with van der Waals surface area (Å²) in [6.07, 6.45) is 9.41. The first-order chi connectivity index (χ1) is 9.24. The number of hydrogen-bond acceptors (Lipinski definition) is 3. The molecule has 1 unspecified atom stereocenters. The molecule has 1 amide bonds. The van der Waals surface area contributed by atoms with Crippen molar-refractivity contribution in [3.8, 4) is 0 Å². The topological polar surface area (TPSA) is 50.4 Å². The minimum absolute atomic E-state index is 0.0775. The molecule has 110 valence electrons. The Morgan fingerprint density at radius 1 is 1.42 bits per heavy atom. The number of amides is 1. The molecule has 0 aromatic heterocycles. The summed E-state index contributed by atoms with van der Waals surface area (Å²) in [7, 11) is 1.67. The summed E-state index contributed by atoms with van der Waals surface area (Å²) in [5, 5.41) is 6.20. The van der Waals surface area contributed by atoms with Crippen LogP contribution in [0.5, 0.6) is 0 Å². The van der Waals surface area contributed by atoms with Gasteiger partial charge in [-0.15, -0.1) is 0 Å². The lowest BCUT2D eigenvalue weighted by Gasteiger charge is -2.16. The van der Waals surface area contributed by atoms with Gasteiger partial charge in [0.2, 0.25) is 5.91 Å². The molecule has 1 rings (SSSR count). The second kappa shape index (κ2) is 9.98. The Kier molecular flexibility index (Phi) is 8.50. The number of allylic oxidation sites excluding steroid dienone is 1. The minimum atomic E-state index is -0.119. The predicted octanol–water partition coefficient (Wildman–Crippen LogP) is 2.01. The van der Waals surface area contributed by atoms with Gasteiger partial charge in [-0.2, -0.15) is 0 Å². The van der Waals surface area contributed by atoms with Crippen LogP contribution in [-0.4, -0.2) is 38.8 Å². The summed E-state index contributed by atoms with van der Waals surface area (Å²) in [5.74, 6) is 0.0775. The van der Waals surface area contributed by atoms with E-state index in [1.807, 2.05) is 6.92 Å². The molecule has 0 saturated heterocycles. The molecule has 19 heavy (non-hydrogen) atoms. The van der Waals surface area contributed by atoms with Crippen LogP contribution in [0.2, 0.25) is 0 Å². The zero-order chi connectivity index (χ0) is 13.9. The fourth-order valence-corrected chi connectivity index (χ4v) is 2.25. The van der Waals surface area contributed by atoms with Gasteiger partial charge in [-0.1, -0.05) is 11.6 Å². The molecule has 0 bridgehead atoms. The first kappa shape index (κ1) is 16.2. The van der Waals surface area contributed by atoms with Crippen molar-refractivity contribution in [3.05, 3.63) is 11.6 Å². The first-order valence-electron chi connectivity index (χ1n) is 7.42. The maximum Gasteiger partial charge on any atom is 0.236 e. The van der Waals surface area contributed by atoms with Crippen LogP contribution in [0.3, 0.4) is 0 Å². The zero-order valence-electron chi connectivity index (χ0n) is 12.3. The van der Waals surface area contributed by atoms with Gasteiger partial charge in [0, 0.05) is 20.3 Å². The Hall–Kier alpha value is -0.870. The molecule has 0 heterocycles. The van der Waals surface area contributed by atoms with Gasteiger partial charge in [0.15, 0.2) is 0 Å². The van der Waals surface area contributed by atoms with Gasteiger partial charge in [-0.05, 0) is 52.0 Å². The average Bonchev–Trinajstić information content (AvgIpc) is 2.44. The zero-order valence-corrected chi connectivity index (χ0v) is 12.3. The van der Waals surface area contributed by atoms with Crippen molar-refractivity contribution in [3.63, 3.8) is 0 Å². The van der Waals surface area contributed by atoms with E-state index in [4.69, 9.17) is 4.74 Å². The van der Waals surface area contributed by atoms with Crippen LogP contribution in [0, 0.1) is 0 Å². The number of rotatable bonds is 9. The Morgan fingerprint density at radius 3 is 2.95 bits per heavy atom. The smallest absolute Gasteiger partial charge is 0.236 e. The molecule has 1 aliphatic rings. The van der Waals surface area contributed by atoms with Crippen molar-refractivity contribution in [1.29, 1.82) is 0 Å². The SMILES string of the molecule is COCCCNC(=O)C(C)NCCC1=CCCCC1. The molecule has 0 radical (unpaired) electrons. The van der Waals surface area contributed by atoms with Gasteiger partial charge < -0.3 is 15.4 Å². The monoisotopic (exact) mass is 268 g/mol. The van der Waals surface area contributed by atoms with Gasteiger partial charge in [0.25, 0.3) is 0 Å². The Bertz CT molecular complexity index is 290. The standard InChI is InChI=1S/C15H28N2O2/c1-13(15(18)17-10-6-12-19-2)16-11-9-14-7-4-3-5-8-14/h7,13,16H,3-6,8-12H2,1-2H3,(H,17,18). The van der Waals surface area contributed by atoms with Crippen LogP contribution in [0.1, 0.15) is 45.4 Å². The molecule has 0 aromatic rings. The molecule has 0 fully saturated rings. The van der Waals surface area contributed by atoms with Crippen LogP contribution in [0.15, 0.2) is 11.6 Å². The van der Waals surface area contributed by atoms with Crippen molar-refractivity contribution in [1.82, 2.24) is 10.6 Å². The maximum absolute atomic E-state index is 11.8. The van der Waals surface area contributed by atoms with E-state index in [9.17, 15) is 4.79 Å². The third-order valence-corrected chi connectivity index (χ3v) is 3.50. The highest BCUT2D eigenvalue weighted by Crippen LogP contribution is 2.19. The Balaban J connectivity index is 2.07. The molecule has 0 aliphatic heterocycles. The number of ether oxygens (including phenoxy) is 1. The highest BCUT2D eigenvalue weighted by Gasteiger charge is 2.11. The van der Waals surface area contributed by atoms with Gasteiger partial charge in [0.1, 0.15) is 0 Å². The highest BCUT2D eigenvalue weighted by atomic mass is 16.5. The number of nitrogens with one attached hydrogen (secondary N) is 2. The van der Waals surface area contributed by atoms with E-state index in [0.717, 1.165) is 19.4 Å². The van der Waals surface area contributed by atoms with Crippen molar-refractivity contribution in [2.75, 3.05) is 26.8 Å². The van der Waals surface area contributed by atoms with E-state index in [2.05, 4.69) is 16.7 Å². The van der Waals surface area contributed by atoms with Crippen LogP contribution in [0.25, 0.3) is 0 Å². The molecular weight excluding hydrogens is 240 g/mol. The summed E-state index contributed by atoms with van der Waals surface area (Å²) in [6, 6.07) is -0.119. The van der Waals surface area contributed by atoms with E-state index in [1.165, 1.54) is 25.7 Å². The van der Waals surface area contributed by atoms with Crippen molar-refractivity contribution >= 4 is 5.91 Å². The Labute approximate surface area is 117 Å². The summed E-state index contributed by atoms with van der Waals surface area (Å²) in [4.78, 5) is 11.8. The lowest BCUT2D eigenvalue weighted by atomic mass is 9.97. The Morgan fingerprint density at radius 2 is 2.26 bits per heavy atom. The fourth-order valence-electron chi connectivity index (χ4n) is 2.25. The van der Waals surface area contributed by atoms with Crippen LogP contribution >= 0.6 is 0 Å². The molecule has 0 spiro atoms. The number of methoxy groups -OCH3 is 1. The van der Waals surface area contributed by atoms with Gasteiger partial charge in [0.05, 0.1) is 6.04 Å². The molecule has 1 aliphatic carbocycles. The largest absolute Gasteiger partial charge is 0.385 e. The number of hydrogen-bond donors (Lipinski definition) is 2. The van der Waals surface area contributed by atoms with E-state index in [-0.39, 0.29) is 11.9 Å². The van der Waals surface area contributed by atoms with Crippen LogP contribution in [-0.2, 0) is 9.53 Å². The molecule has 4 nitrogen and oxygen atoms in total. The summed E-state index contributed by atoms with van der Waals surface area (Å²) in [6.45, 7) is 4.18. The molecule has 0 saturated carbocycles. The van der Waals surface area contributed by atoms with E-state index in [0.29, 0.717) is 13.2 Å². The average molecular weight is 268 g/mol. The summed E-state index contributed by atoms with van der Waals surface area (Å²) in [5.41, 5.74) is 1.55. The fraction of sp³-hybridized carbons (Fsp3) is 0.800. The van der Waals surface area contributed by atoms with Gasteiger partial charge in [-0.3, -0.25) is 4.79 Å². The minimum Gasteiger partial charge on any atom is -0.385 e. The van der Waals surface area contributed by atoms with E-state index >= 15 is 0 Å². The highest BCUT2D eigenvalue weighted by molar-refractivity contribution is 5.81. The molecular formula is C15H28N2O2. The van der Waals surface area contributed by atoms with Crippen LogP contribution < -0.4 is 10.6 Å². The van der Waals surface area contributed by atoms with Crippen molar-refractivity contribution in [2.45, 2.75) is 51.5 Å². The predicted molar refractivity (Wildman–Crippen MR) is 78.1 cm³/mol. The van der Waals surface area contributed by atoms with Gasteiger partial charge in [-0.25, -0.2) is 0 Å². The van der Waals surface area contributed by atoms with Crippen molar-refractivity contribution in [2.24, 2.45) is 0 Å². The maximum atomic E-state index is 11.8. The third kappa shape index (κ3) is 7.33. The second-order valence-electron chi connectivity index (χ2n) is 5.17. The number of carbonyl (C=O) groups excluding carboxylic acids is 1. The lowest BCUT2D eigenvalue weighted by molar-refractivity contribution is -0.122. The van der Waals surface area contributed by atoms with E-state index in [1.54, 1.807) is 12.7 Å². The molecule has 0 aromatic carbocycles. The summed E-state index contributed by atoms with van der Waals surface area (Å²) < 4.78 is 4.94. The quantitative estimate of drug-likeness (QED) is 0.497. The normalized spacial score (nSPS) is 16.8. The van der Waals surface area contributed by atoms with Crippen LogP contribution in [0.4, 0.5) is 0 Å². The van der Waals surface area contributed by atoms with Crippen molar-refractivity contribution < 1.29 is 9.53 Å². The third-order valence-electron chi connectivity index (χ3n) is 3.50. The van der Waals surface area contributed by atoms with Gasteiger partial charge >= 0.3 is 0 Å². The summed E-state index contributed by atoms with van der Waals surface area (Å²) >= 11 is 0. The van der Waals surface area contributed by atoms with E-state index < -0.39 is 0 Å². The molecule has 2 N–H and O–H groups in total. The first-order valence-corrected chi connectivity index (χ1v) is 7.42. The lowest BCUT2D eigenvalue weighted by Crippen LogP contribution is -2.43. The molecule has 4 heteroatoms.